The molecule has 2 aromatic carbocycles. The molecule has 3 aromatic heterocycles. The molecule has 46 heavy (non-hydrogen) atoms. The minimum Gasteiger partial charge on any atom is -0.466 e. The molecule has 1 atom stereocenters. The van der Waals surface area contributed by atoms with Crippen molar-refractivity contribution in [3.05, 3.63) is 102 Å². The first-order chi connectivity index (χ1) is 22.5. The number of pyridine rings is 1. The van der Waals surface area contributed by atoms with Crippen LogP contribution in [-0.4, -0.2) is 59.9 Å². The molecule has 0 fully saturated rings. The molecule has 0 unspecified atom stereocenters. The first-order valence-corrected chi connectivity index (χ1v) is 15.9. The Morgan fingerprint density at radius 3 is 2.46 bits per heavy atom. The lowest BCUT2D eigenvalue weighted by Gasteiger charge is -2.18. The van der Waals surface area contributed by atoms with Crippen LogP contribution in [0.5, 0.6) is 0 Å². The second-order valence-corrected chi connectivity index (χ2v) is 11.3. The Morgan fingerprint density at radius 1 is 0.935 bits per heavy atom. The standard InChI is InChI=1S/C35H40N8O3/c1-3-5-11-19-46-33(44)21-27(20-25-13-7-6-8-14-25)37-35(45)32-22-28(12-4-2)43(40-32)24-26-17-18-31(36-23-26)29-15-9-10-16-30(29)34-38-41-42-39-34/h6-10,13-18,22-23,27H,3-5,11-12,19-21,24H2,1-2H3,(H,37,45)(H,38,39,41,42)/t27-/m1/s1. The molecule has 5 rings (SSSR count). The predicted octanol–water partition coefficient (Wildman–Crippen LogP) is 5.59. The van der Waals surface area contributed by atoms with Crippen molar-refractivity contribution in [2.75, 3.05) is 6.61 Å². The van der Waals surface area contributed by atoms with Crippen LogP contribution in [0.3, 0.4) is 0 Å². The lowest BCUT2D eigenvalue weighted by Crippen LogP contribution is -2.38. The molecular weight excluding hydrogens is 580 g/mol. The first-order valence-electron chi connectivity index (χ1n) is 15.9. The van der Waals surface area contributed by atoms with Gasteiger partial charge in [0.2, 0.25) is 5.82 Å². The molecule has 3 heterocycles. The van der Waals surface area contributed by atoms with Crippen LogP contribution in [0.1, 0.15) is 73.3 Å². The van der Waals surface area contributed by atoms with Gasteiger partial charge in [-0.15, -0.1) is 10.2 Å². The van der Waals surface area contributed by atoms with Gasteiger partial charge in [0, 0.05) is 29.1 Å². The largest absolute Gasteiger partial charge is 0.466 e. The molecule has 0 bridgehead atoms. The van der Waals surface area contributed by atoms with E-state index in [4.69, 9.17) is 14.8 Å². The number of carbonyl (C=O) groups excluding carboxylic acids is 2. The van der Waals surface area contributed by atoms with Gasteiger partial charge in [0.1, 0.15) is 5.69 Å². The summed E-state index contributed by atoms with van der Waals surface area (Å²) < 4.78 is 7.31. The summed E-state index contributed by atoms with van der Waals surface area (Å²) in [6.07, 6.45) is 6.98. The van der Waals surface area contributed by atoms with Crippen LogP contribution in [0.2, 0.25) is 0 Å². The van der Waals surface area contributed by atoms with Gasteiger partial charge in [-0.25, -0.2) is 0 Å². The van der Waals surface area contributed by atoms with Crippen LogP contribution < -0.4 is 5.32 Å². The average Bonchev–Trinajstić information content (AvgIpc) is 3.75. The fourth-order valence-corrected chi connectivity index (χ4v) is 5.32. The number of nitrogens with zero attached hydrogens (tertiary/aromatic N) is 6. The van der Waals surface area contributed by atoms with E-state index < -0.39 is 6.04 Å². The minimum atomic E-state index is -0.430. The van der Waals surface area contributed by atoms with Crippen molar-refractivity contribution in [1.82, 2.24) is 40.7 Å². The molecule has 0 aliphatic heterocycles. The molecule has 0 spiro atoms. The van der Waals surface area contributed by atoms with Crippen LogP contribution in [0.4, 0.5) is 0 Å². The zero-order valence-electron chi connectivity index (χ0n) is 26.4. The molecule has 2 N–H and O–H groups in total. The molecule has 0 saturated carbocycles. The fraction of sp³-hybridized carbons (Fsp3) is 0.343. The van der Waals surface area contributed by atoms with Crippen molar-refractivity contribution in [3.8, 4) is 22.6 Å². The van der Waals surface area contributed by atoms with Gasteiger partial charge in [0.15, 0.2) is 0 Å². The number of aryl methyl sites for hydroxylation is 1. The van der Waals surface area contributed by atoms with Gasteiger partial charge in [-0.3, -0.25) is 19.3 Å². The van der Waals surface area contributed by atoms with Gasteiger partial charge in [0.25, 0.3) is 5.91 Å². The molecule has 11 heteroatoms. The number of benzene rings is 2. The number of nitrogens with one attached hydrogen (secondary N) is 2. The van der Waals surface area contributed by atoms with Gasteiger partial charge in [-0.1, -0.05) is 93.8 Å². The number of rotatable bonds is 16. The highest BCUT2D eigenvalue weighted by Gasteiger charge is 2.22. The Balaban J connectivity index is 1.29. The normalized spacial score (nSPS) is 11.7. The van der Waals surface area contributed by atoms with Crippen LogP contribution >= 0.6 is 0 Å². The Hall–Kier alpha value is -5.19. The van der Waals surface area contributed by atoms with Crippen molar-refractivity contribution in [2.45, 2.75) is 71.4 Å². The molecule has 238 valence electrons. The van der Waals surface area contributed by atoms with E-state index in [1.165, 1.54) is 0 Å². The summed E-state index contributed by atoms with van der Waals surface area (Å²) in [6.45, 7) is 5.05. The summed E-state index contributed by atoms with van der Waals surface area (Å²) in [5.74, 6) is -0.129. The summed E-state index contributed by atoms with van der Waals surface area (Å²) in [4.78, 5) is 30.9. The number of aromatic nitrogens is 7. The van der Waals surface area contributed by atoms with Crippen LogP contribution in [0, 0.1) is 0 Å². The van der Waals surface area contributed by atoms with Gasteiger partial charge in [-0.05, 0) is 47.7 Å². The molecule has 0 aliphatic carbocycles. The number of ether oxygens (including phenoxy) is 1. The van der Waals surface area contributed by atoms with Gasteiger partial charge >= 0.3 is 5.97 Å². The maximum atomic E-state index is 13.5. The topological polar surface area (TPSA) is 141 Å². The predicted molar refractivity (Wildman–Crippen MR) is 175 cm³/mol. The Morgan fingerprint density at radius 2 is 1.74 bits per heavy atom. The van der Waals surface area contributed by atoms with Crippen LogP contribution in [-0.2, 0) is 28.9 Å². The van der Waals surface area contributed by atoms with E-state index in [1.807, 2.05) is 83.7 Å². The first kappa shape index (κ1) is 32.2. The van der Waals surface area contributed by atoms with E-state index >= 15 is 0 Å². The van der Waals surface area contributed by atoms with Crippen molar-refractivity contribution in [2.24, 2.45) is 0 Å². The molecule has 0 radical (unpaired) electrons. The number of esters is 1. The molecule has 0 saturated heterocycles. The maximum absolute atomic E-state index is 13.5. The van der Waals surface area contributed by atoms with E-state index in [9.17, 15) is 9.59 Å². The van der Waals surface area contributed by atoms with Gasteiger partial charge in [0.05, 0.1) is 25.3 Å². The SMILES string of the molecule is CCCCCOC(=O)C[C@@H](Cc1ccccc1)NC(=O)c1cc(CCC)n(Cc2ccc(-c3ccccc3-c3nn[nH]n3)nc2)n1. The fourth-order valence-electron chi connectivity index (χ4n) is 5.32. The second-order valence-electron chi connectivity index (χ2n) is 11.3. The Bertz CT molecular complexity index is 1680. The van der Waals surface area contributed by atoms with Gasteiger partial charge in [-0.2, -0.15) is 10.3 Å². The number of hydrogen-bond acceptors (Lipinski definition) is 8. The highest BCUT2D eigenvalue weighted by atomic mass is 16.5. The zero-order valence-corrected chi connectivity index (χ0v) is 26.4. The van der Waals surface area contributed by atoms with E-state index in [2.05, 4.69) is 39.8 Å². The summed E-state index contributed by atoms with van der Waals surface area (Å²) in [6, 6.07) is 23.0. The number of carbonyl (C=O) groups is 2. The summed E-state index contributed by atoms with van der Waals surface area (Å²) >= 11 is 0. The minimum absolute atomic E-state index is 0.0865. The second kappa shape index (κ2) is 16.2. The third-order valence-corrected chi connectivity index (χ3v) is 7.63. The summed E-state index contributed by atoms with van der Waals surface area (Å²) in [5, 5.41) is 22.2. The molecule has 5 aromatic rings. The lowest BCUT2D eigenvalue weighted by atomic mass is 10.0. The number of unbranched alkanes of at least 4 members (excludes halogenated alkanes) is 2. The number of H-pyrrole nitrogens is 1. The molecular formula is C35H40N8O3. The third-order valence-electron chi connectivity index (χ3n) is 7.63. The van der Waals surface area contributed by atoms with Crippen LogP contribution in [0.15, 0.2) is 79.0 Å². The number of hydrogen-bond donors (Lipinski definition) is 2. The smallest absolute Gasteiger partial charge is 0.307 e. The van der Waals surface area contributed by atoms with Crippen molar-refractivity contribution in [1.29, 1.82) is 0 Å². The highest BCUT2D eigenvalue weighted by molar-refractivity contribution is 5.93. The number of amides is 1. The van der Waals surface area contributed by atoms with Gasteiger partial charge < -0.3 is 10.1 Å². The number of tetrazole rings is 1. The van der Waals surface area contributed by atoms with Crippen LogP contribution in [0.25, 0.3) is 22.6 Å². The third kappa shape index (κ3) is 8.71. The monoisotopic (exact) mass is 620 g/mol. The van der Waals surface area contributed by atoms with E-state index in [0.29, 0.717) is 31.1 Å². The quantitative estimate of drug-likeness (QED) is 0.107. The zero-order chi connectivity index (χ0) is 32.1. The van der Waals surface area contributed by atoms with Crippen molar-refractivity contribution in [3.63, 3.8) is 0 Å². The lowest BCUT2D eigenvalue weighted by molar-refractivity contribution is -0.144. The van der Waals surface area contributed by atoms with Crippen molar-refractivity contribution >= 4 is 11.9 Å². The summed E-state index contributed by atoms with van der Waals surface area (Å²) in [7, 11) is 0. The van der Waals surface area contributed by atoms with E-state index in [0.717, 1.165) is 65.7 Å². The Kier molecular flexibility index (Phi) is 11.4. The van der Waals surface area contributed by atoms with Crippen molar-refractivity contribution < 1.29 is 14.3 Å². The van der Waals surface area contributed by atoms with E-state index in [-0.39, 0.29) is 18.3 Å². The molecule has 1 amide bonds. The molecule has 11 nitrogen and oxygen atoms in total. The highest BCUT2D eigenvalue weighted by Crippen LogP contribution is 2.28. The maximum Gasteiger partial charge on any atom is 0.307 e. The number of aromatic amines is 1. The molecule has 0 aliphatic rings. The average molecular weight is 621 g/mol. The summed E-state index contributed by atoms with van der Waals surface area (Å²) in [5.41, 5.74) is 5.76. The Labute approximate surface area is 268 Å². The van der Waals surface area contributed by atoms with E-state index in [1.54, 1.807) is 0 Å².